The number of aliphatic hydroxyl groups is 3. The average molecular weight is 414 g/mol. The first-order valence-corrected chi connectivity index (χ1v) is 9.50. The number of aromatic nitrogens is 2. The van der Waals surface area contributed by atoms with Crippen LogP contribution in [0.15, 0.2) is 15.8 Å². The minimum absolute atomic E-state index is 0.0148. The summed E-state index contributed by atoms with van der Waals surface area (Å²) in [4.78, 5) is 37.4. The molecule has 2 rings (SSSR count). The topological polar surface area (TPSA) is 140 Å². The second-order valence-corrected chi connectivity index (χ2v) is 8.55. The Labute approximate surface area is 168 Å². The van der Waals surface area contributed by atoms with Gasteiger partial charge in [-0.1, -0.05) is 6.92 Å². The number of aryl methyl sites for hydroxylation is 1. The molecule has 0 aliphatic carbocycles. The lowest BCUT2D eigenvalue weighted by atomic mass is 10.0. The Bertz CT molecular complexity index is 853. The van der Waals surface area contributed by atoms with Gasteiger partial charge in [0.15, 0.2) is 0 Å². The van der Waals surface area contributed by atoms with Crippen LogP contribution in [0.5, 0.6) is 0 Å². The minimum atomic E-state index is -1.43. The predicted octanol–water partition coefficient (Wildman–Crippen LogP) is -0.931. The molecule has 1 aromatic heterocycles. The largest absolute Gasteiger partial charge is 0.460 e. The van der Waals surface area contributed by atoms with Crippen molar-refractivity contribution in [3.8, 4) is 0 Å². The minimum Gasteiger partial charge on any atom is -0.460 e. The second-order valence-electron chi connectivity index (χ2n) is 8.55. The summed E-state index contributed by atoms with van der Waals surface area (Å²) < 4.78 is 12.8. The molecular formula is C19H30N2O8. The van der Waals surface area contributed by atoms with Crippen LogP contribution in [0.2, 0.25) is 0 Å². The lowest BCUT2D eigenvalue weighted by molar-refractivity contribution is -0.155. The molecule has 0 aromatic carbocycles. The summed E-state index contributed by atoms with van der Waals surface area (Å²) in [5, 5.41) is 29.4. The molecule has 2 heterocycles. The Morgan fingerprint density at radius 3 is 2.41 bits per heavy atom. The fourth-order valence-electron chi connectivity index (χ4n) is 3.31. The third-order valence-corrected chi connectivity index (χ3v) is 4.64. The molecule has 1 fully saturated rings. The fourth-order valence-corrected chi connectivity index (χ4v) is 3.31. The van der Waals surface area contributed by atoms with Crippen molar-refractivity contribution in [2.24, 2.45) is 13.0 Å². The maximum Gasteiger partial charge on any atom is 0.330 e. The molecule has 10 heteroatoms. The first kappa shape index (κ1) is 23.3. The standard InChI is InChI=1S/C19H30N2O8/c1-10(6-13(23)29-19(2,3)4)7-21-17(26)11(8-20(5)18(21)27)16-15(25)14(24)12(9-22)28-16/h8,10,12,14-16,22,24-25H,6-7,9H2,1-5H3/t10-,12+,14?,15-,16-/m0/s1. The maximum atomic E-state index is 12.9. The molecule has 29 heavy (non-hydrogen) atoms. The van der Waals surface area contributed by atoms with E-state index in [1.54, 1.807) is 27.7 Å². The highest BCUT2D eigenvalue weighted by Crippen LogP contribution is 2.31. The number of carbonyl (C=O) groups excluding carboxylic acids is 1. The normalized spacial score (nSPS) is 25.8. The number of ether oxygens (including phenoxy) is 2. The van der Waals surface area contributed by atoms with Crippen LogP contribution < -0.4 is 11.2 Å². The molecule has 1 saturated heterocycles. The van der Waals surface area contributed by atoms with E-state index in [1.807, 2.05) is 0 Å². The molecule has 0 bridgehead atoms. The Morgan fingerprint density at radius 1 is 1.28 bits per heavy atom. The van der Waals surface area contributed by atoms with E-state index in [9.17, 15) is 29.7 Å². The molecule has 1 aliphatic heterocycles. The van der Waals surface area contributed by atoms with Crippen LogP contribution in [-0.4, -0.2) is 60.9 Å². The summed E-state index contributed by atoms with van der Waals surface area (Å²) in [5.74, 6) is -0.801. The van der Waals surface area contributed by atoms with Gasteiger partial charge in [-0.3, -0.25) is 14.2 Å². The third-order valence-electron chi connectivity index (χ3n) is 4.64. The summed E-state index contributed by atoms with van der Waals surface area (Å²) in [6, 6.07) is 0. The van der Waals surface area contributed by atoms with Gasteiger partial charge in [0.1, 0.15) is 30.0 Å². The van der Waals surface area contributed by atoms with Gasteiger partial charge in [-0.25, -0.2) is 4.79 Å². The fraction of sp³-hybridized carbons (Fsp3) is 0.737. The summed E-state index contributed by atoms with van der Waals surface area (Å²) >= 11 is 0. The van der Waals surface area contributed by atoms with Gasteiger partial charge in [0.05, 0.1) is 12.2 Å². The molecule has 0 spiro atoms. The van der Waals surface area contributed by atoms with E-state index >= 15 is 0 Å². The van der Waals surface area contributed by atoms with E-state index in [0.29, 0.717) is 0 Å². The first-order chi connectivity index (χ1) is 13.4. The highest BCUT2D eigenvalue weighted by molar-refractivity contribution is 5.70. The quantitative estimate of drug-likeness (QED) is 0.507. The van der Waals surface area contributed by atoms with Crippen LogP contribution in [0.25, 0.3) is 0 Å². The molecule has 0 radical (unpaired) electrons. The molecular weight excluding hydrogens is 384 g/mol. The van der Waals surface area contributed by atoms with Gasteiger partial charge in [-0.2, -0.15) is 0 Å². The van der Waals surface area contributed by atoms with Crippen molar-refractivity contribution in [1.82, 2.24) is 9.13 Å². The Kier molecular flexibility index (Phi) is 7.05. The number of hydrogen-bond donors (Lipinski definition) is 3. The monoisotopic (exact) mass is 414 g/mol. The summed E-state index contributed by atoms with van der Waals surface area (Å²) in [7, 11) is 1.45. The van der Waals surface area contributed by atoms with Gasteiger partial charge < -0.3 is 29.4 Å². The third kappa shape index (κ3) is 5.33. The van der Waals surface area contributed by atoms with Crippen molar-refractivity contribution < 1.29 is 29.6 Å². The van der Waals surface area contributed by atoms with Crippen molar-refractivity contribution in [2.45, 2.75) is 70.7 Å². The molecule has 0 saturated carbocycles. The van der Waals surface area contributed by atoms with Crippen molar-refractivity contribution in [3.63, 3.8) is 0 Å². The number of esters is 1. The van der Waals surface area contributed by atoms with E-state index in [-0.39, 0.29) is 24.4 Å². The molecule has 1 unspecified atom stereocenters. The van der Waals surface area contributed by atoms with Crippen LogP contribution >= 0.6 is 0 Å². The molecule has 1 aliphatic rings. The van der Waals surface area contributed by atoms with Crippen molar-refractivity contribution in [3.05, 3.63) is 32.6 Å². The maximum absolute atomic E-state index is 12.9. The SMILES string of the molecule is C[C@@H](CC(=O)OC(C)(C)C)Cn1c(=O)c([C@@H]2O[C@H](CO)C(O)[C@@H]2O)cn(C)c1=O. The van der Waals surface area contributed by atoms with Gasteiger partial charge in [-0.15, -0.1) is 0 Å². The van der Waals surface area contributed by atoms with E-state index < -0.39 is 53.8 Å². The summed E-state index contributed by atoms with van der Waals surface area (Å²) in [6.07, 6.45) is -3.74. The zero-order valence-corrected chi connectivity index (χ0v) is 17.4. The number of carbonyl (C=O) groups is 1. The first-order valence-electron chi connectivity index (χ1n) is 9.50. The van der Waals surface area contributed by atoms with E-state index in [4.69, 9.17) is 9.47 Å². The van der Waals surface area contributed by atoms with Crippen LogP contribution in [0.1, 0.15) is 45.8 Å². The Morgan fingerprint density at radius 2 is 1.90 bits per heavy atom. The van der Waals surface area contributed by atoms with Gasteiger partial charge in [0, 0.05) is 26.2 Å². The highest BCUT2D eigenvalue weighted by Gasteiger charge is 2.44. The van der Waals surface area contributed by atoms with Crippen molar-refractivity contribution in [2.75, 3.05) is 6.61 Å². The van der Waals surface area contributed by atoms with Crippen LogP contribution in [-0.2, 0) is 27.9 Å². The number of rotatable bonds is 6. The number of nitrogens with zero attached hydrogens (tertiary/aromatic N) is 2. The van der Waals surface area contributed by atoms with E-state index in [1.165, 1.54) is 17.8 Å². The molecule has 10 nitrogen and oxygen atoms in total. The second kappa shape index (κ2) is 8.78. The number of hydrogen-bond acceptors (Lipinski definition) is 8. The van der Waals surface area contributed by atoms with Crippen LogP contribution in [0.3, 0.4) is 0 Å². The number of aliphatic hydroxyl groups excluding tert-OH is 3. The van der Waals surface area contributed by atoms with Crippen molar-refractivity contribution >= 4 is 5.97 Å². The molecule has 164 valence electrons. The van der Waals surface area contributed by atoms with E-state index in [0.717, 1.165) is 4.57 Å². The Hall–Kier alpha value is -2.01. The lowest BCUT2D eigenvalue weighted by Crippen LogP contribution is -2.43. The smallest absolute Gasteiger partial charge is 0.330 e. The van der Waals surface area contributed by atoms with Crippen molar-refractivity contribution in [1.29, 1.82) is 0 Å². The van der Waals surface area contributed by atoms with Crippen LogP contribution in [0, 0.1) is 5.92 Å². The van der Waals surface area contributed by atoms with Gasteiger partial charge >= 0.3 is 11.7 Å². The lowest BCUT2D eigenvalue weighted by Gasteiger charge is -2.21. The molecule has 5 atom stereocenters. The molecule has 1 aromatic rings. The molecule has 0 amide bonds. The average Bonchev–Trinajstić information content (AvgIpc) is 2.88. The van der Waals surface area contributed by atoms with Gasteiger partial charge in [-0.05, 0) is 26.7 Å². The van der Waals surface area contributed by atoms with Gasteiger partial charge in [0.2, 0.25) is 0 Å². The predicted molar refractivity (Wildman–Crippen MR) is 102 cm³/mol. The summed E-state index contributed by atoms with van der Waals surface area (Å²) in [6.45, 7) is 6.41. The Balaban J connectivity index is 2.29. The zero-order valence-electron chi connectivity index (χ0n) is 17.4. The zero-order chi connectivity index (χ0) is 22.1. The highest BCUT2D eigenvalue weighted by atomic mass is 16.6. The molecule has 3 N–H and O–H groups in total. The van der Waals surface area contributed by atoms with Gasteiger partial charge in [0.25, 0.3) is 5.56 Å². The van der Waals surface area contributed by atoms with Crippen LogP contribution in [0.4, 0.5) is 0 Å². The summed E-state index contributed by atoms with van der Waals surface area (Å²) in [5.41, 5.74) is -1.91. The van der Waals surface area contributed by atoms with E-state index in [2.05, 4.69) is 0 Å².